The van der Waals surface area contributed by atoms with Crippen LogP contribution < -0.4 is 15.5 Å². The number of benzene rings is 2. The average molecular weight is 431 g/mol. The summed E-state index contributed by atoms with van der Waals surface area (Å²) in [6.07, 6.45) is 3.26. The number of nitrogens with one attached hydrogen (secondary N) is 2. The molecule has 0 saturated carbocycles. The molecule has 1 saturated heterocycles. The second kappa shape index (κ2) is 8.72. The Morgan fingerprint density at radius 1 is 1.00 bits per heavy atom. The van der Waals surface area contributed by atoms with Gasteiger partial charge in [-0.15, -0.1) is 5.10 Å². The minimum absolute atomic E-state index is 0.308. The zero-order valence-corrected chi connectivity index (χ0v) is 17.5. The van der Waals surface area contributed by atoms with Crippen molar-refractivity contribution < 1.29 is 9.13 Å². The van der Waals surface area contributed by atoms with Crippen molar-refractivity contribution in [1.82, 2.24) is 20.2 Å². The van der Waals surface area contributed by atoms with Gasteiger partial charge >= 0.3 is 0 Å². The maximum Gasteiger partial charge on any atom is 0.229 e. The molecule has 5 rings (SSSR count). The highest BCUT2D eigenvalue weighted by atomic mass is 19.1. The van der Waals surface area contributed by atoms with Gasteiger partial charge in [-0.05, 0) is 49.4 Å². The van der Waals surface area contributed by atoms with Gasteiger partial charge in [-0.25, -0.2) is 9.37 Å². The third kappa shape index (κ3) is 4.15. The van der Waals surface area contributed by atoms with Crippen LogP contribution in [0.15, 0.2) is 54.9 Å². The molecule has 2 aromatic carbocycles. The van der Waals surface area contributed by atoms with Gasteiger partial charge in [-0.3, -0.25) is 0 Å². The summed E-state index contributed by atoms with van der Waals surface area (Å²) in [5.41, 5.74) is 3.73. The highest BCUT2D eigenvalue weighted by molar-refractivity contribution is 5.93. The van der Waals surface area contributed by atoms with Crippen molar-refractivity contribution in [2.45, 2.75) is 6.92 Å². The topological polar surface area (TPSA) is 88.1 Å². The minimum Gasteiger partial charge on any atom is -0.378 e. The first-order valence-corrected chi connectivity index (χ1v) is 10.4. The molecular weight excluding hydrogens is 409 g/mol. The molecule has 3 heterocycles. The fourth-order valence-electron chi connectivity index (χ4n) is 3.67. The molecule has 2 aromatic heterocycles. The molecule has 1 aliphatic heterocycles. The van der Waals surface area contributed by atoms with E-state index in [1.165, 1.54) is 11.8 Å². The summed E-state index contributed by atoms with van der Waals surface area (Å²) in [7, 11) is 0. The van der Waals surface area contributed by atoms with Crippen LogP contribution in [-0.2, 0) is 4.74 Å². The van der Waals surface area contributed by atoms with E-state index < -0.39 is 0 Å². The zero-order chi connectivity index (χ0) is 21.9. The Balaban J connectivity index is 1.33. The molecular formula is C23H22FN7O. The van der Waals surface area contributed by atoms with Crippen LogP contribution in [0.1, 0.15) is 5.56 Å². The summed E-state index contributed by atoms with van der Waals surface area (Å²) < 4.78 is 19.3. The highest BCUT2D eigenvalue weighted by Crippen LogP contribution is 2.27. The number of ether oxygens (including phenoxy) is 1. The number of hydrogen-bond acceptors (Lipinski definition) is 8. The summed E-state index contributed by atoms with van der Waals surface area (Å²) in [5, 5.41) is 15.3. The van der Waals surface area contributed by atoms with Crippen LogP contribution in [0.4, 0.5) is 33.2 Å². The maximum atomic E-state index is 13.9. The van der Waals surface area contributed by atoms with Crippen LogP contribution in [0.25, 0.3) is 10.9 Å². The molecule has 0 radical (unpaired) electrons. The number of anilines is 5. The van der Waals surface area contributed by atoms with Crippen LogP contribution >= 0.6 is 0 Å². The maximum absolute atomic E-state index is 13.9. The molecule has 162 valence electrons. The third-order valence-electron chi connectivity index (χ3n) is 5.42. The summed E-state index contributed by atoms with van der Waals surface area (Å²) in [6, 6.07) is 13.0. The van der Waals surface area contributed by atoms with Crippen LogP contribution in [0.2, 0.25) is 0 Å². The molecule has 4 aromatic rings. The van der Waals surface area contributed by atoms with E-state index >= 15 is 0 Å². The van der Waals surface area contributed by atoms with Gasteiger partial charge in [0.1, 0.15) is 17.2 Å². The predicted octanol–water partition coefficient (Wildman–Crippen LogP) is 4.19. The number of morpholine rings is 1. The van der Waals surface area contributed by atoms with Crippen molar-refractivity contribution in [3.05, 3.63) is 66.2 Å². The number of hydrogen-bond donors (Lipinski definition) is 2. The first-order valence-electron chi connectivity index (χ1n) is 10.4. The van der Waals surface area contributed by atoms with Crippen molar-refractivity contribution >= 4 is 39.7 Å². The van der Waals surface area contributed by atoms with Crippen molar-refractivity contribution in [3.63, 3.8) is 0 Å². The molecule has 1 fully saturated rings. The van der Waals surface area contributed by atoms with Gasteiger partial charge in [0.25, 0.3) is 0 Å². The van der Waals surface area contributed by atoms with E-state index in [2.05, 4.69) is 47.8 Å². The monoisotopic (exact) mass is 431 g/mol. The van der Waals surface area contributed by atoms with Gasteiger partial charge < -0.3 is 20.3 Å². The Bertz CT molecular complexity index is 1240. The number of aryl methyl sites for hydroxylation is 1. The fraction of sp³-hybridized carbons (Fsp3) is 0.217. The Morgan fingerprint density at radius 2 is 1.81 bits per heavy atom. The highest BCUT2D eigenvalue weighted by Gasteiger charge is 2.12. The standard InChI is InChI=1S/C23H22FN7O/c1-15-19(24)7-6-18-20(14-26-30-22(15)18)28-21-8-9-25-23(29-21)27-16-2-4-17(5-3-16)31-10-12-32-13-11-31/h2-9,14H,10-13H2,1H3,(H2,25,27,28,29,30). The van der Waals surface area contributed by atoms with Crippen molar-refractivity contribution in [3.8, 4) is 0 Å². The third-order valence-corrected chi connectivity index (χ3v) is 5.42. The Labute approximate surface area is 184 Å². The van der Waals surface area contributed by atoms with Crippen LogP contribution in [-0.4, -0.2) is 46.5 Å². The largest absolute Gasteiger partial charge is 0.378 e. The Hall–Kier alpha value is -3.85. The van der Waals surface area contributed by atoms with Gasteiger partial charge in [-0.2, -0.15) is 10.1 Å². The molecule has 0 atom stereocenters. The quantitative estimate of drug-likeness (QED) is 0.486. The van der Waals surface area contributed by atoms with Gasteiger partial charge in [0.15, 0.2) is 0 Å². The van der Waals surface area contributed by atoms with Crippen molar-refractivity contribution in [2.75, 3.05) is 41.8 Å². The SMILES string of the molecule is Cc1c(F)ccc2c(Nc3ccnc(Nc4ccc(N5CCOCC5)cc4)n3)cnnc12. The normalized spacial score (nSPS) is 13.9. The molecule has 1 aliphatic rings. The van der Waals surface area contributed by atoms with Crippen LogP contribution in [0, 0.1) is 12.7 Å². The first kappa shape index (κ1) is 20.1. The van der Waals surface area contributed by atoms with Gasteiger partial charge in [0.2, 0.25) is 5.95 Å². The van der Waals surface area contributed by atoms with E-state index in [0.717, 1.165) is 37.4 Å². The summed E-state index contributed by atoms with van der Waals surface area (Å²) in [5.74, 6) is 0.739. The van der Waals surface area contributed by atoms with E-state index in [1.54, 1.807) is 31.5 Å². The lowest BCUT2D eigenvalue weighted by atomic mass is 10.1. The molecule has 0 spiro atoms. The lowest BCUT2D eigenvalue weighted by Crippen LogP contribution is -2.36. The lowest BCUT2D eigenvalue weighted by molar-refractivity contribution is 0.122. The van der Waals surface area contributed by atoms with Gasteiger partial charge in [0, 0.05) is 41.6 Å². The van der Waals surface area contributed by atoms with E-state index in [4.69, 9.17) is 4.74 Å². The first-order chi connectivity index (χ1) is 15.7. The molecule has 0 amide bonds. The van der Waals surface area contributed by atoms with Crippen LogP contribution in [0.3, 0.4) is 0 Å². The fourth-order valence-corrected chi connectivity index (χ4v) is 3.67. The predicted molar refractivity (Wildman–Crippen MR) is 122 cm³/mol. The summed E-state index contributed by atoms with van der Waals surface area (Å²) in [4.78, 5) is 11.2. The molecule has 8 nitrogen and oxygen atoms in total. The minimum atomic E-state index is -0.308. The molecule has 2 N–H and O–H groups in total. The number of halogens is 1. The average Bonchev–Trinajstić information content (AvgIpc) is 2.83. The number of nitrogens with zero attached hydrogens (tertiary/aromatic N) is 5. The molecule has 0 bridgehead atoms. The van der Waals surface area contributed by atoms with Crippen molar-refractivity contribution in [2.24, 2.45) is 0 Å². The summed E-state index contributed by atoms with van der Waals surface area (Å²) >= 11 is 0. The molecule has 32 heavy (non-hydrogen) atoms. The number of rotatable bonds is 5. The molecule has 0 aliphatic carbocycles. The number of fused-ring (bicyclic) bond motifs is 1. The lowest BCUT2D eigenvalue weighted by Gasteiger charge is -2.28. The Kier molecular flexibility index (Phi) is 5.47. The Morgan fingerprint density at radius 3 is 2.62 bits per heavy atom. The molecule has 9 heteroatoms. The van der Waals surface area contributed by atoms with Gasteiger partial charge in [-0.1, -0.05) is 0 Å². The summed E-state index contributed by atoms with van der Waals surface area (Å²) in [6.45, 7) is 4.99. The van der Waals surface area contributed by atoms with Crippen LogP contribution in [0.5, 0.6) is 0 Å². The second-order valence-corrected chi connectivity index (χ2v) is 7.49. The second-order valence-electron chi connectivity index (χ2n) is 7.49. The van der Waals surface area contributed by atoms with Gasteiger partial charge in [0.05, 0.1) is 25.1 Å². The van der Waals surface area contributed by atoms with E-state index in [9.17, 15) is 4.39 Å². The van der Waals surface area contributed by atoms with Crippen molar-refractivity contribution in [1.29, 1.82) is 0 Å². The number of aromatic nitrogens is 4. The smallest absolute Gasteiger partial charge is 0.229 e. The zero-order valence-electron chi connectivity index (χ0n) is 17.5. The molecule has 0 unspecified atom stereocenters. The van der Waals surface area contributed by atoms with E-state index in [0.29, 0.717) is 28.5 Å². The van der Waals surface area contributed by atoms with E-state index in [1.807, 2.05) is 12.1 Å². The van der Waals surface area contributed by atoms with E-state index in [-0.39, 0.29) is 5.82 Å².